The van der Waals surface area contributed by atoms with Crippen molar-refractivity contribution in [3.63, 3.8) is 0 Å². The van der Waals surface area contributed by atoms with E-state index in [0.29, 0.717) is 17.0 Å². The lowest BCUT2D eigenvalue weighted by Crippen LogP contribution is -2.33. The Labute approximate surface area is 132 Å². The van der Waals surface area contributed by atoms with Crippen molar-refractivity contribution in [1.82, 2.24) is 9.88 Å². The minimum atomic E-state index is -0.444. The highest BCUT2D eigenvalue weighted by molar-refractivity contribution is 7.13. The summed E-state index contributed by atoms with van der Waals surface area (Å²) in [5, 5.41) is 0.893. The molecule has 2 heterocycles. The van der Waals surface area contributed by atoms with Gasteiger partial charge in [0.25, 0.3) is 5.91 Å². The summed E-state index contributed by atoms with van der Waals surface area (Å²) in [4.78, 5) is 18.3. The van der Waals surface area contributed by atoms with Crippen LogP contribution in [0.3, 0.4) is 0 Å². The van der Waals surface area contributed by atoms with Gasteiger partial charge in [0.05, 0.1) is 12.2 Å². The van der Waals surface area contributed by atoms with E-state index >= 15 is 0 Å². The van der Waals surface area contributed by atoms with Gasteiger partial charge in [-0.3, -0.25) is 9.69 Å². The number of nitrogens with two attached hydrogens (primary N) is 1. The zero-order chi connectivity index (χ0) is 15.5. The Morgan fingerprint density at radius 1 is 1.41 bits per heavy atom. The Balaban J connectivity index is 1.81. The summed E-state index contributed by atoms with van der Waals surface area (Å²) in [5.41, 5.74) is 6.00. The lowest BCUT2D eigenvalue weighted by atomic mass is 10.0. The van der Waals surface area contributed by atoms with E-state index < -0.39 is 5.91 Å². The first kappa shape index (κ1) is 15.1. The normalized spacial score (nSPS) is 19.2. The molecule has 1 amide bonds. The predicted octanol–water partition coefficient (Wildman–Crippen LogP) is 3.11. The molecule has 0 spiro atoms. The van der Waals surface area contributed by atoms with Crippen molar-refractivity contribution in [1.29, 1.82) is 0 Å². The number of nitrogens with zero attached hydrogens (tertiary/aromatic N) is 2. The summed E-state index contributed by atoms with van der Waals surface area (Å²) >= 11 is 1.34. The van der Waals surface area contributed by atoms with Crippen molar-refractivity contribution < 1.29 is 9.18 Å². The monoisotopic (exact) mass is 319 g/mol. The van der Waals surface area contributed by atoms with Crippen molar-refractivity contribution in [2.45, 2.75) is 31.8 Å². The number of benzene rings is 1. The summed E-state index contributed by atoms with van der Waals surface area (Å²) in [6, 6.07) is 6.99. The number of aromatic nitrogens is 1. The molecule has 0 unspecified atom stereocenters. The fraction of sp³-hybridized carbons (Fsp3) is 0.375. The number of carbonyl (C=O) groups excluding carboxylic acids is 1. The molecule has 4 nitrogen and oxygen atoms in total. The SMILES string of the molecule is NC(=O)c1cnc([C@H]2CCCCN2Cc2ccccc2F)s1. The fourth-order valence-corrected chi connectivity index (χ4v) is 3.80. The average Bonchev–Trinajstić information content (AvgIpc) is 3.00. The molecule has 1 fully saturated rings. The summed E-state index contributed by atoms with van der Waals surface area (Å²) in [7, 11) is 0. The summed E-state index contributed by atoms with van der Waals surface area (Å²) in [6.07, 6.45) is 4.72. The Morgan fingerprint density at radius 2 is 2.23 bits per heavy atom. The minimum Gasteiger partial charge on any atom is -0.365 e. The highest BCUT2D eigenvalue weighted by Crippen LogP contribution is 2.34. The molecule has 1 aromatic heterocycles. The van der Waals surface area contributed by atoms with Gasteiger partial charge in [0.2, 0.25) is 0 Å². The van der Waals surface area contributed by atoms with Gasteiger partial charge >= 0.3 is 0 Å². The van der Waals surface area contributed by atoms with Gasteiger partial charge in [-0.1, -0.05) is 24.6 Å². The third-order valence-electron chi connectivity index (χ3n) is 4.00. The molecular weight excluding hydrogens is 301 g/mol. The summed E-state index contributed by atoms with van der Waals surface area (Å²) in [6.45, 7) is 1.47. The Hall–Kier alpha value is -1.79. The van der Waals surface area contributed by atoms with Crippen LogP contribution in [0, 0.1) is 5.82 Å². The van der Waals surface area contributed by atoms with Crippen LogP contribution in [0.2, 0.25) is 0 Å². The third-order valence-corrected chi connectivity index (χ3v) is 5.11. The number of rotatable bonds is 4. The molecule has 1 aromatic carbocycles. The fourth-order valence-electron chi connectivity index (χ4n) is 2.86. The topological polar surface area (TPSA) is 59.2 Å². The number of primary amides is 1. The number of halogens is 1. The van der Waals surface area contributed by atoms with Gasteiger partial charge in [0.15, 0.2) is 0 Å². The molecule has 1 aliphatic heterocycles. The lowest BCUT2D eigenvalue weighted by molar-refractivity contribution is 0.100. The molecule has 2 N–H and O–H groups in total. The van der Waals surface area contributed by atoms with Crippen LogP contribution in [-0.2, 0) is 6.54 Å². The van der Waals surface area contributed by atoms with Crippen LogP contribution in [0.1, 0.15) is 45.5 Å². The van der Waals surface area contributed by atoms with Gasteiger partial charge in [-0.05, 0) is 25.5 Å². The molecule has 1 aliphatic rings. The number of hydrogen-bond donors (Lipinski definition) is 1. The average molecular weight is 319 g/mol. The maximum Gasteiger partial charge on any atom is 0.260 e. The van der Waals surface area contributed by atoms with Crippen molar-refractivity contribution >= 4 is 17.2 Å². The quantitative estimate of drug-likeness (QED) is 0.942. The van der Waals surface area contributed by atoms with Crippen molar-refractivity contribution in [2.24, 2.45) is 5.73 Å². The molecule has 2 aromatic rings. The molecule has 1 saturated heterocycles. The van der Waals surface area contributed by atoms with Crippen LogP contribution in [0.15, 0.2) is 30.5 Å². The van der Waals surface area contributed by atoms with Crippen LogP contribution in [0.25, 0.3) is 0 Å². The Morgan fingerprint density at radius 3 is 2.95 bits per heavy atom. The third kappa shape index (κ3) is 3.18. The maximum absolute atomic E-state index is 13.9. The van der Waals surface area contributed by atoms with E-state index in [-0.39, 0.29) is 11.9 Å². The predicted molar refractivity (Wildman–Crippen MR) is 84.0 cm³/mol. The van der Waals surface area contributed by atoms with E-state index in [0.717, 1.165) is 30.8 Å². The molecule has 0 radical (unpaired) electrons. The number of piperidine rings is 1. The van der Waals surface area contributed by atoms with E-state index in [4.69, 9.17) is 5.73 Å². The summed E-state index contributed by atoms with van der Waals surface area (Å²) < 4.78 is 13.9. The summed E-state index contributed by atoms with van der Waals surface area (Å²) in [5.74, 6) is -0.621. The van der Waals surface area contributed by atoms with E-state index in [1.807, 2.05) is 12.1 Å². The largest absolute Gasteiger partial charge is 0.365 e. The second-order valence-corrected chi connectivity index (χ2v) is 6.56. The second-order valence-electron chi connectivity index (χ2n) is 5.50. The number of amides is 1. The first-order valence-corrected chi connectivity index (χ1v) is 8.20. The van der Waals surface area contributed by atoms with Gasteiger partial charge < -0.3 is 5.73 Å². The number of likely N-dealkylation sites (tertiary alicyclic amines) is 1. The molecule has 22 heavy (non-hydrogen) atoms. The molecule has 0 saturated carbocycles. The van der Waals surface area contributed by atoms with E-state index in [2.05, 4.69) is 9.88 Å². The van der Waals surface area contributed by atoms with E-state index in [1.165, 1.54) is 23.6 Å². The zero-order valence-electron chi connectivity index (χ0n) is 12.2. The van der Waals surface area contributed by atoms with Gasteiger partial charge in [-0.15, -0.1) is 11.3 Å². The highest BCUT2D eigenvalue weighted by Gasteiger charge is 2.27. The molecule has 1 atom stereocenters. The van der Waals surface area contributed by atoms with Gasteiger partial charge in [0, 0.05) is 12.1 Å². The highest BCUT2D eigenvalue weighted by atomic mass is 32.1. The first-order chi connectivity index (χ1) is 10.6. The van der Waals surface area contributed by atoms with Crippen LogP contribution >= 0.6 is 11.3 Å². The maximum atomic E-state index is 13.9. The lowest BCUT2D eigenvalue weighted by Gasteiger charge is -2.34. The Kier molecular flexibility index (Phi) is 4.49. The van der Waals surface area contributed by atoms with Crippen LogP contribution in [0.5, 0.6) is 0 Å². The zero-order valence-corrected chi connectivity index (χ0v) is 13.0. The molecule has 0 bridgehead atoms. The van der Waals surface area contributed by atoms with Crippen molar-refractivity contribution in [3.05, 3.63) is 51.7 Å². The second kappa shape index (κ2) is 6.54. The molecule has 6 heteroatoms. The molecule has 3 rings (SSSR count). The first-order valence-electron chi connectivity index (χ1n) is 7.38. The Bertz CT molecular complexity index is 673. The smallest absolute Gasteiger partial charge is 0.260 e. The number of carbonyl (C=O) groups is 1. The molecule has 0 aliphatic carbocycles. The molecular formula is C16H18FN3OS. The standard InChI is InChI=1S/C16H18FN3OS/c17-12-6-2-1-5-11(12)10-20-8-4-3-7-13(20)16-19-9-14(22-16)15(18)21/h1-2,5-6,9,13H,3-4,7-8,10H2,(H2,18,21)/t13-/m1/s1. The van der Waals surface area contributed by atoms with Gasteiger partial charge in [-0.2, -0.15) is 0 Å². The van der Waals surface area contributed by atoms with E-state index in [9.17, 15) is 9.18 Å². The van der Waals surface area contributed by atoms with Crippen LogP contribution < -0.4 is 5.73 Å². The number of thiazole rings is 1. The van der Waals surface area contributed by atoms with Crippen molar-refractivity contribution in [2.75, 3.05) is 6.54 Å². The van der Waals surface area contributed by atoms with Crippen molar-refractivity contribution in [3.8, 4) is 0 Å². The van der Waals surface area contributed by atoms with E-state index in [1.54, 1.807) is 6.07 Å². The van der Waals surface area contributed by atoms with Crippen LogP contribution in [-0.4, -0.2) is 22.3 Å². The minimum absolute atomic E-state index is 0.131. The van der Waals surface area contributed by atoms with Crippen LogP contribution in [0.4, 0.5) is 4.39 Å². The molecule has 116 valence electrons. The van der Waals surface area contributed by atoms with Gasteiger partial charge in [0.1, 0.15) is 15.7 Å². The number of hydrogen-bond acceptors (Lipinski definition) is 4. The van der Waals surface area contributed by atoms with Gasteiger partial charge in [-0.25, -0.2) is 9.37 Å².